The molecule has 25 heavy (non-hydrogen) atoms. The molecular weight excluding hydrogens is 314 g/mol. The third-order valence-corrected chi connectivity index (χ3v) is 4.61. The number of rotatable bonds is 6. The van der Waals surface area contributed by atoms with E-state index in [1.165, 1.54) is 5.56 Å². The molecule has 0 saturated carbocycles. The molecule has 2 heterocycles. The van der Waals surface area contributed by atoms with Gasteiger partial charge >= 0.3 is 0 Å². The Morgan fingerprint density at radius 2 is 1.92 bits per heavy atom. The van der Waals surface area contributed by atoms with E-state index in [2.05, 4.69) is 34.2 Å². The minimum atomic E-state index is 0.461. The standard InChI is InChI=1S/C19H25N5O/c1-6-14(7-2)16-11-20-24-18(16)21-13(4)22-19(24)23-17-9-8-15(25-5)10-12(17)3/h8-11,14H,6-7H2,1-5H3,(H,21,22,23). The van der Waals surface area contributed by atoms with E-state index >= 15 is 0 Å². The third-order valence-electron chi connectivity index (χ3n) is 4.61. The maximum atomic E-state index is 5.27. The number of aryl methyl sites for hydroxylation is 2. The zero-order chi connectivity index (χ0) is 18.0. The zero-order valence-electron chi connectivity index (χ0n) is 15.5. The van der Waals surface area contributed by atoms with E-state index in [1.54, 1.807) is 11.6 Å². The van der Waals surface area contributed by atoms with Crippen LogP contribution in [0.15, 0.2) is 24.4 Å². The lowest BCUT2D eigenvalue weighted by molar-refractivity contribution is 0.414. The number of hydrogen-bond acceptors (Lipinski definition) is 5. The average Bonchev–Trinajstić information content (AvgIpc) is 3.01. The maximum absolute atomic E-state index is 5.27. The van der Waals surface area contributed by atoms with E-state index in [-0.39, 0.29) is 0 Å². The molecule has 3 aromatic rings. The molecule has 132 valence electrons. The van der Waals surface area contributed by atoms with Crippen LogP contribution in [0, 0.1) is 13.8 Å². The molecule has 0 aliphatic heterocycles. The second-order valence-corrected chi connectivity index (χ2v) is 6.25. The number of ether oxygens (including phenoxy) is 1. The van der Waals surface area contributed by atoms with Gasteiger partial charge in [-0.3, -0.25) is 0 Å². The molecule has 0 fully saturated rings. The molecule has 2 aromatic heterocycles. The molecule has 0 radical (unpaired) electrons. The highest BCUT2D eigenvalue weighted by Crippen LogP contribution is 2.28. The van der Waals surface area contributed by atoms with Crippen molar-refractivity contribution in [1.82, 2.24) is 19.6 Å². The Bertz CT molecular complexity index is 883. The van der Waals surface area contributed by atoms with Gasteiger partial charge in [0.05, 0.1) is 13.3 Å². The van der Waals surface area contributed by atoms with Gasteiger partial charge in [0.15, 0.2) is 5.65 Å². The molecule has 0 aliphatic carbocycles. The quantitative estimate of drug-likeness (QED) is 0.721. The fourth-order valence-corrected chi connectivity index (χ4v) is 3.12. The molecule has 1 aromatic carbocycles. The molecule has 3 rings (SSSR count). The summed E-state index contributed by atoms with van der Waals surface area (Å²) < 4.78 is 7.07. The van der Waals surface area contributed by atoms with Gasteiger partial charge < -0.3 is 10.1 Å². The molecule has 1 N–H and O–H groups in total. The predicted molar refractivity (Wildman–Crippen MR) is 99.9 cm³/mol. The first-order valence-electron chi connectivity index (χ1n) is 8.71. The summed E-state index contributed by atoms with van der Waals surface area (Å²) in [6.07, 6.45) is 4.07. The number of anilines is 2. The maximum Gasteiger partial charge on any atom is 0.232 e. The topological polar surface area (TPSA) is 64.3 Å². The number of hydrogen-bond donors (Lipinski definition) is 1. The first-order chi connectivity index (χ1) is 12.1. The van der Waals surface area contributed by atoms with E-state index in [1.807, 2.05) is 38.2 Å². The number of fused-ring (bicyclic) bond motifs is 1. The van der Waals surface area contributed by atoms with Crippen LogP contribution in [0.2, 0.25) is 0 Å². The van der Waals surface area contributed by atoms with Crippen molar-refractivity contribution < 1.29 is 4.74 Å². The second kappa shape index (κ2) is 7.09. The van der Waals surface area contributed by atoms with Crippen molar-refractivity contribution >= 4 is 17.3 Å². The normalized spacial score (nSPS) is 11.3. The summed E-state index contributed by atoms with van der Waals surface area (Å²) in [4.78, 5) is 9.19. The molecule has 0 atom stereocenters. The predicted octanol–water partition coefficient (Wildman–Crippen LogP) is 4.40. The van der Waals surface area contributed by atoms with Gasteiger partial charge in [0.1, 0.15) is 11.6 Å². The van der Waals surface area contributed by atoms with Crippen LogP contribution in [-0.2, 0) is 0 Å². The number of aromatic nitrogens is 4. The Hall–Kier alpha value is -2.63. The molecular formula is C19H25N5O. The van der Waals surface area contributed by atoms with Crippen LogP contribution in [0.25, 0.3) is 5.65 Å². The van der Waals surface area contributed by atoms with Crippen molar-refractivity contribution in [2.45, 2.75) is 46.5 Å². The summed E-state index contributed by atoms with van der Waals surface area (Å²) in [7, 11) is 1.67. The number of benzene rings is 1. The zero-order valence-corrected chi connectivity index (χ0v) is 15.5. The molecule has 0 saturated heterocycles. The SMILES string of the molecule is CCC(CC)c1cnn2c(Nc3ccc(OC)cc3C)nc(C)nc12. The van der Waals surface area contributed by atoms with E-state index in [0.717, 1.165) is 41.3 Å². The number of nitrogens with one attached hydrogen (secondary N) is 1. The van der Waals surface area contributed by atoms with Crippen molar-refractivity contribution in [3.05, 3.63) is 41.3 Å². The Morgan fingerprint density at radius 1 is 1.16 bits per heavy atom. The van der Waals surface area contributed by atoms with Crippen molar-refractivity contribution in [3.63, 3.8) is 0 Å². The van der Waals surface area contributed by atoms with Gasteiger partial charge in [0, 0.05) is 11.3 Å². The van der Waals surface area contributed by atoms with Crippen LogP contribution < -0.4 is 10.1 Å². The van der Waals surface area contributed by atoms with Crippen molar-refractivity contribution in [2.24, 2.45) is 0 Å². The smallest absolute Gasteiger partial charge is 0.232 e. The van der Waals surface area contributed by atoms with Crippen LogP contribution in [0.3, 0.4) is 0 Å². The summed E-state index contributed by atoms with van der Waals surface area (Å²) in [5.41, 5.74) is 4.12. The van der Waals surface area contributed by atoms with Gasteiger partial charge in [0.25, 0.3) is 0 Å². The Morgan fingerprint density at radius 3 is 2.56 bits per heavy atom. The van der Waals surface area contributed by atoms with E-state index in [4.69, 9.17) is 4.74 Å². The molecule has 0 amide bonds. The Labute approximate surface area is 148 Å². The van der Waals surface area contributed by atoms with E-state index in [9.17, 15) is 0 Å². The Balaban J connectivity index is 2.05. The van der Waals surface area contributed by atoms with Crippen molar-refractivity contribution in [3.8, 4) is 5.75 Å². The van der Waals surface area contributed by atoms with Crippen LogP contribution in [0.4, 0.5) is 11.6 Å². The number of nitrogens with zero attached hydrogens (tertiary/aromatic N) is 4. The summed E-state index contributed by atoms with van der Waals surface area (Å²) in [5.74, 6) is 2.70. The minimum absolute atomic E-state index is 0.461. The first kappa shape index (κ1) is 17.2. The lowest BCUT2D eigenvalue weighted by Gasteiger charge is -2.13. The van der Waals surface area contributed by atoms with Gasteiger partial charge in [-0.25, -0.2) is 4.98 Å². The lowest BCUT2D eigenvalue weighted by atomic mass is 9.96. The largest absolute Gasteiger partial charge is 0.497 e. The van der Waals surface area contributed by atoms with Crippen molar-refractivity contribution in [1.29, 1.82) is 0 Å². The van der Waals surface area contributed by atoms with Crippen molar-refractivity contribution in [2.75, 3.05) is 12.4 Å². The van der Waals surface area contributed by atoms with Crippen LogP contribution in [0.1, 0.15) is 49.6 Å². The van der Waals surface area contributed by atoms with Gasteiger partial charge in [-0.15, -0.1) is 0 Å². The Kier molecular flexibility index (Phi) is 4.88. The monoisotopic (exact) mass is 339 g/mol. The summed E-state index contributed by atoms with van der Waals surface area (Å²) in [6, 6.07) is 5.91. The average molecular weight is 339 g/mol. The second-order valence-electron chi connectivity index (χ2n) is 6.25. The van der Waals surface area contributed by atoms with Crippen LogP contribution in [0.5, 0.6) is 5.75 Å². The van der Waals surface area contributed by atoms with Gasteiger partial charge in [-0.1, -0.05) is 13.8 Å². The fourth-order valence-electron chi connectivity index (χ4n) is 3.12. The van der Waals surface area contributed by atoms with Gasteiger partial charge in [-0.2, -0.15) is 14.6 Å². The number of methoxy groups -OCH3 is 1. The molecule has 6 heteroatoms. The van der Waals surface area contributed by atoms with E-state index < -0.39 is 0 Å². The first-order valence-corrected chi connectivity index (χ1v) is 8.71. The molecule has 0 aliphatic rings. The van der Waals surface area contributed by atoms with Gasteiger partial charge in [0.2, 0.25) is 5.95 Å². The van der Waals surface area contributed by atoms with Gasteiger partial charge in [-0.05, 0) is 56.4 Å². The molecule has 0 unspecified atom stereocenters. The highest BCUT2D eigenvalue weighted by atomic mass is 16.5. The highest BCUT2D eigenvalue weighted by Gasteiger charge is 2.17. The summed E-state index contributed by atoms with van der Waals surface area (Å²) in [6.45, 7) is 8.35. The third kappa shape index (κ3) is 3.29. The lowest BCUT2D eigenvalue weighted by Crippen LogP contribution is -2.08. The molecule has 6 nitrogen and oxygen atoms in total. The highest BCUT2D eigenvalue weighted by molar-refractivity contribution is 5.62. The molecule has 0 bridgehead atoms. The fraction of sp³-hybridized carbons (Fsp3) is 0.421. The van der Waals surface area contributed by atoms with E-state index in [0.29, 0.717) is 11.9 Å². The summed E-state index contributed by atoms with van der Waals surface area (Å²) >= 11 is 0. The van der Waals surface area contributed by atoms with Crippen LogP contribution >= 0.6 is 0 Å². The molecule has 0 spiro atoms. The summed E-state index contributed by atoms with van der Waals surface area (Å²) in [5, 5.41) is 7.93. The van der Waals surface area contributed by atoms with Crippen LogP contribution in [-0.4, -0.2) is 26.7 Å². The minimum Gasteiger partial charge on any atom is -0.497 e.